The predicted molar refractivity (Wildman–Crippen MR) is 106 cm³/mol. The zero-order chi connectivity index (χ0) is 18.9. The van der Waals surface area contributed by atoms with E-state index in [1.54, 1.807) is 6.20 Å². The number of aromatic nitrogens is 3. The summed E-state index contributed by atoms with van der Waals surface area (Å²) >= 11 is 0. The number of hydrogen-bond acceptors (Lipinski definition) is 4. The molecule has 3 aromatic rings. The molecule has 2 aromatic carbocycles. The minimum absolute atomic E-state index is 0.0462. The highest BCUT2D eigenvalue weighted by Gasteiger charge is 2.38. The first kappa shape index (κ1) is 17.1. The Kier molecular flexibility index (Phi) is 4.41. The average molecular weight is 373 g/mol. The number of para-hydroxylation sites is 1. The summed E-state index contributed by atoms with van der Waals surface area (Å²) in [7, 11) is 0. The summed E-state index contributed by atoms with van der Waals surface area (Å²) in [6.45, 7) is 2.52. The van der Waals surface area contributed by atoms with Gasteiger partial charge in [0.1, 0.15) is 0 Å². The van der Waals surface area contributed by atoms with Gasteiger partial charge in [-0.1, -0.05) is 48.5 Å². The minimum atomic E-state index is -0.0496. The van der Waals surface area contributed by atoms with E-state index in [0.717, 1.165) is 18.8 Å². The molecule has 142 valence electrons. The monoisotopic (exact) mass is 373 g/mol. The summed E-state index contributed by atoms with van der Waals surface area (Å²) in [5.41, 5.74) is 2.42. The van der Waals surface area contributed by atoms with Crippen LogP contribution in [0.25, 0.3) is 5.69 Å². The van der Waals surface area contributed by atoms with Crippen LogP contribution in [-0.2, 0) is 0 Å². The van der Waals surface area contributed by atoms with Crippen LogP contribution in [0.2, 0.25) is 0 Å². The number of carbonyl (C=O) groups is 1. The van der Waals surface area contributed by atoms with Crippen molar-refractivity contribution in [2.45, 2.75) is 24.9 Å². The maximum atomic E-state index is 13.3. The van der Waals surface area contributed by atoms with E-state index in [0.29, 0.717) is 18.3 Å². The molecule has 1 saturated heterocycles. The average Bonchev–Trinajstić information content (AvgIpc) is 3.50. The van der Waals surface area contributed by atoms with Crippen molar-refractivity contribution >= 4 is 5.91 Å². The Morgan fingerprint density at radius 3 is 2.36 bits per heavy atom. The molecule has 2 fully saturated rings. The second-order valence-electron chi connectivity index (χ2n) is 7.51. The van der Waals surface area contributed by atoms with E-state index in [1.165, 1.54) is 23.2 Å². The molecule has 1 atom stereocenters. The first-order chi connectivity index (χ1) is 13.8. The van der Waals surface area contributed by atoms with Crippen LogP contribution in [0.3, 0.4) is 0 Å². The first-order valence-corrected chi connectivity index (χ1v) is 9.87. The molecule has 6 nitrogen and oxygen atoms in total. The summed E-state index contributed by atoms with van der Waals surface area (Å²) in [6, 6.07) is 20.7. The lowest BCUT2D eigenvalue weighted by Gasteiger charge is -2.41. The van der Waals surface area contributed by atoms with Crippen LogP contribution in [0.4, 0.5) is 0 Å². The molecule has 2 heterocycles. The number of rotatable bonds is 4. The van der Waals surface area contributed by atoms with Crippen molar-refractivity contribution in [1.29, 1.82) is 0 Å². The maximum Gasteiger partial charge on any atom is 0.276 e. The molecule has 1 saturated carbocycles. The normalized spacial score (nSPS) is 20.3. The van der Waals surface area contributed by atoms with E-state index in [1.807, 2.05) is 53.4 Å². The summed E-state index contributed by atoms with van der Waals surface area (Å²) in [5.74, 6) is -0.0496. The van der Waals surface area contributed by atoms with Gasteiger partial charge in [0.05, 0.1) is 17.9 Å². The van der Waals surface area contributed by atoms with Crippen LogP contribution in [0.5, 0.6) is 0 Å². The topological polar surface area (TPSA) is 54.3 Å². The van der Waals surface area contributed by atoms with Crippen molar-refractivity contribution in [2.75, 3.05) is 19.6 Å². The van der Waals surface area contributed by atoms with Gasteiger partial charge in [-0.05, 0) is 30.5 Å². The molecular weight excluding hydrogens is 350 g/mol. The van der Waals surface area contributed by atoms with Crippen molar-refractivity contribution in [3.05, 3.63) is 78.1 Å². The third-order valence-electron chi connectivity index (χ3n) is 5.62. The van der Waals surface area contributed by atoms with Gasteiger partial charge >= 0.3 is 0 Å². The Bertz CT molecular complexity index is 951. The summed E-state index contributed by atoms with van der Waals surface area (Å²) in [5, 5.41) is 8.75. The number of piperazine rings is 1. The van der Waals surface area contributed by atoms with Gasteiger partial charge < -0.3 is 4.90 Å². The smallest absolute Gasteiger partial charge is 0.276 e. The highest BCUT2D eigenvalue weighted by molar-refractivity contribution is 5.92. The van der Waals surface area contributed by atoms with E-state index in [-0.39, 0.29) is 11.9 Å². The van der Waals surface area contributed by atoms with Gasteiger partial charge in [-0.3, -0.25) is 9.69 Å². The second-order valence-corrected chi connectivity index (χ2v) is 7.51. The molecule has 1 unspecified atom stereocenters. The van der Waals surface area contributed by atoms with Gasteiger partial charge in [-0.25, -0.2) is 0 Å². The summed E-state index contributed by atoms with van der Waals surface area (Å²) in [4.78, 5) is 19.3. The van der Waals surface area contributed by atoms with E-state index in [9.17, 15) is 4.79 Å². The van der Waals surface area contributed by atoms with Crippen molar-refractivity contribution in [3.63, 3.8) is 0 Å². The zero-order valence-corrected chi connectivity index (χ0v) is 15.7. The lowest BCUT2D eigenvalue weighted by atomic mass is 10.0. The summed E-state index contributed by atoms with van der Waals surface area (Å²) < 4.78 is 0. The first-order valence-electron chi connectivity index (χ1n) is 9.87. The fourth-order valence-corrected chi connectivity index (χ4v) is 3.97. The van der Waals surface area contributed by atoms with E-state index < -0.39 is 0 Å². The van der Waals surface area contributed by atoms with Crippen LogP contribution in [0.15, 0.2) is 66.9 Å². The van der Waals surface area contributed by atoms with Gasteiger partial charge in [-0.15, -0.1) is 5.10 Å². The largest absolute Gasteiger partial charge is 0.328 e. The lowest BCUT2D eigenvalue weighted by Crippen LogP contribution is -2.51. The zero-order valence-electron chi connectivity index (χ0n) is 15.7. The molecule has 1 amide bonds. The highest BCUT2D eigenvalue weighted by Crippen LogP contribution is 2.34. The second kappa shape index (κ2) is 7.20. The van der Waals surface area contributed by atoms with Crippen LogP contribution < -0.4 is 0 Å². The van der Waals surface area contributed by atoms with Gasteiger partial charge in [0.2, 0.25) is 0 Å². The Morgan fingerprint density at radius 1 is 0.929 bits per heavy atom. The summed E-state index contributed by atoms with van der Waals surface area (Å²) in [6.07, 6.45) is 4.13. The molecular formula is C22H23N5O. The number of benzene rings is 2. The fourth-order valence-electron chi connectivity index (χ4n) is 3.97. The predicted octanol–water partition coefficient (Wildman–Crippen LogP) is 2.93. The number of amides is 1. The van der Waals surface area contributed by atoms with Crippen LogP contribution in [0.1, 0.15) is 34.9 Å². The van der Waals surface area contributed by atoms with E-state index >= 15 is 0 Å². The molecule has 28 heavy (non-hydrogen) atoms. The third-order valence-corrected chi connectivity index (χ3v) is 5.62. The highest BCUT2D eigenvalue weighted by atomic mass is 16.2. The molecule has 2 aliphatic rings. The number of carbonyl (C=O) groups excluding carboxylic acids is 1. The maximum absolute atomic E-state index is 13.3. The molecule has 6 heteroatoms. The van der Waals surface area contributed by atoms with Crippen molar-refractivity contribution in [1.82, 2.24) is 24.8 Å². The van der Waals surface area contributed by atoms with Gasteiger partial charge in [0, 0.05) is 25.7 Å². The Morgan fingerprint density at radius 2 is 1.64 bits per heavy atom. The molecule has 0 bridgehead atoms. The van der Waals surface area contributed by atoms with Crippen molar-refractivity contribution in [3.8, 4) is 5.69 Å². The molecule has 5 rings (SSSR count). The Hall–Kier alpha value is -2.99. The van der Waals surface area contributed by atoms with Gasteiger partial charge in [-0.2, -0.15) is 9.90 Å². The van der Waals surface area contributed by atoms with Crippen LogP contribution in [0, 0.1) is 0 Å². The standard InChI is InChI=1S/C22H23N5O/c28-22(20-15-23-27(24-20)19-9-5-2-6-10-19)26-14-13-25(18-11-12-18)16-21(26)17-7-3-1-4-8-17/h1-10,15,18,21H,11-14,16H2. The van der Waals surface area contributed by atoms with Gasteiger partial charge in [0.25, 0.3) is 5.91 Å². The van der Waals surface area contributed by atoms with Crippen molar-refractivity contribution < 1.29 is 4.79 Å². The minimum Gasteiger partial charge on any atom is -0.328 e. The molecule has 1 aliphatic heterocycles. The number of nitrogens with zero attached hydrogens (tertiary/aromatic N) is 5. The molecule has 1 aliphatic carbocycles. The molecule has 1 aromatic heterocycles. The number of hydrogen-bond donors (Lipinski definition) is 0. The molecule has 0 radical (unpaired) electrons. The molecule has 0 N–H and O–H groups in total. The lowest BCUT2D eigenvalue weighted by molar-refractivity contribution is 0.0427. The van der Waals surface area contributed by atoms with Gasteiger partial charge in [0.15, 0.2) is 5.69 Å². The van der Waals surface area contributed by atoms with E-state index in [4.69, 9.17) is 0 Å². The third kappa shape index (κ3) is 3.31. The quantitative estimate of drug-likeness (QED) is 0.706. The SMILES string of the molecule is O=C(c1cnn(-c2ccccc2)n1)N1CCN(C2CC2)CC1c1ccccc1. The fraction of sp³-hybridized carbons (Fsp3) is 0.318. The van der Waals surface area contributed by atoms with E-state index in [2.05, 4.69) is 27.2 Å². The van der Waals surface area contributed by atoms with Crippen LogP contribution >= 0.6 is 0 Å². The van der Waals surface area contributed by atoms with Crippen molar-refractivity contribution in [2.24, 2.45) is 0 Å². The van der Waals surface area contributed by atoms with Crippen LogP contribution in [-0.4, -0.2) is 56.4 Å². The Labute approximate surface area is 164 Å². The Balaban J connectivity index is 1.41. The molecule has 0 spiro atoms.